The zero-order valence-electron chi connectivity index (χ0n) is 49.0. The van der Waals surface area contributed by atoms with Gasteiger partial charge in [0, 0.05) is 31.9 Å². The van der Waals surface area contributed by atoms with Crippen molar-refractivity contribution < 1.29 is 87.5 Å². The van der Waals surface area contributed by atoms with E-state index in [1.807, 2.05) is 13.8 Å². The second-order valence-corrected chi connectivity index (χ2v) is 22.0. The Labute approximate surface area is 506 Å². The van der Waals surface area contributed by atoms with Crippen molar-refractivity contribution in [1.29, 1.82) is 0 Å². The van der Waals surface area contributed by atoms with E-state index in [4.69, 9.17) is 28.7 Å². The second-order valence-electron chi connectivity index (χ2n) is 21.7. The highest BCUT2D eigenvalue weighted by Crippen LogP contribution is 2.22. The molecule has 36 heteroatoms. The standard InChI is InChI=1S/C51H85N17O18S/c1-24(2)17-26(52)40(76)62-28(10-6-14-58-51(55)56)47(83)67-15-7-11-34(67)45(81)59-22-36(69)60-30(19-37(70)71)43(79)65-32(21-39(74)75)48(84)68-16-8-12-35(68)46(82)61-27(9-5-13-57-50(53)54)41(77)63-29(18-25(3)4)42(78)64-31(20-38(72)73)44(80)66-33(23-87)49(85)86/h24-35,87H,5-23,52H2,1-4H3,(H,59,81)(H,60,69)(H,61,82)(H,62,76)(H,63,77)(H,64,78)(H,65,79)(H,66,80)(H,70,71)(H,72,73)(H,74,75)(H,85,86)(H4,53,54,57)(H4,55,56,58)/t26-,27-,28-,29-,30-,31-,32-,33-,34-,35-/m0/s1. The molecule has 35 nitrogen and oxygen atoms in total. The van der Waals surface area contributed by atoms with Crippen molar-refractivity contribution in [3.63, 3.8) is 0 Å². The molecule has 22 N–H and O–H groups in total. The lowest BCUT2D eigenvalue weighted by atomic mass is 10.0. The first kappa shape index (κ1) is 74.5. The monoisotopic (exact) mass is 1260 g/mol. The van der Waals surface area contributed by atoms with E-state index >= 15 is 0 Å². The van der Waals surface area contributed by atoms with Crippen molar-refractivity contribution in [3.8, 4) is 0 Å². The normalized spacial score (nSPS) is 17.3. The second kappa shape index (κ2) is 37.1. The van der Waals surface area contributed by atoms with Gasteiger partial charge in [0.1, 0.15) is 54.4 Å². The predicted molar refractivity (Wildman–Crippen MR) is 311 cm³/mol. The van der Waals surface area contributed by atoms with E-state index in [9.17, 15) is 87.5 Å². The first-order valence-corrected chi connectivity index (χ1v) is 28.7. The molecule has 0 saturated carbocycles. The smallest absolute Gasteiger partial charge is 0.327 e. The van der Waals surface area contributed by atoms with E-state index in [-0.39, 0.29) is 101 Å². The number of guanidine groups is 2. The number of hydrogen-bond acceptors (Lipinski definition) is 18. The van der Waals surface area contributed by atoms with Crippen molar-refractivity contribution in [1.82, 2.24) is 52.3 Å². The van der Waals surface area contributed by atoms with Crippen LogP contribution in [0.3, 0.4) is 0 Å². The zero-order valence-corrected chi connectivity index (χ0v) is 49.9. The van der Waals surface area contributed by atoms with Gasteiger partial charge in [0.15, 0.2) is 11.9 Å². The summed E-state index contributed by atoms with van der Waals surface area (Å²) in [5.41, 5.74) is 27.8. The highest BCUT2D eigenvalue weighted by molar-refractivity contribution is 7.80. The fourth-order valence-electron chi connectivity index (χ4n) is 9.35. The summed E-state index contributed by atoms with van der Waals surface area (Å²) in [4.78, 5) is 194. The number of thiol groups is 1. The fourth-order valence-corrected chi connectivity index (χ4v) is 9.60. The van der Waals surface area contributed by atoms with Crippen LogP contribution in [0, 0.1) is 11.8 Å². The van der Waals surface area contributed by atoms with Crippen molar-refractivity contribution in [2.45, 2.75) is 172 Å². The van der Waals surface area contributed by atoms with Crippen molar-refractivity contribution in [2.24, 2.45) is 50.5 Å². The molecule has 10 atom stereocenters. The summed E-state index contributed by atoms with van der Waals surface area (Å²) in [6, 6.07) is -15.1. The summed E-state index contributed by atoms with van der Waals surface area (Å²) in [5, 5.41) is 57.2. The quantitative estimate of drug-likeness (QED) is 0.0118. The molecule has 0 aromatic carbocycles. The van der Waals surface area contributed by atoms with Gasteiger partial charge >= 0.3 is 23.9 Å². The summed E-state index contributed by atoms with van der Waals surface area (Å²) in [7, 11) is 0. The average Bonchev–Trinajstić information content (AvgIpc) is 2.48. The Morgan fingerprint density at radius 3 is 1.38 bits per heavy atom. The minimum Gasteiger partial charge on any atom is -0.481 e. The van der Waals surface area contributed by atoms with E-state index in [1.54, 1.807) is 13.8 Å². The maximum atomic E-state index is 14.2. The Morgan fingerprint density at radius 1 is 0.506 bits per heavy atom. The van der Waals surface area contributed by atoms with Gasteiger partial charge in [-0.15, -0.1) is 0 Å². The van der Waals surface area contributed by atoms with Crippen LogP contribution in [0.5, 0.6) is 0 Å². The van der Waals surface area contributed by atoms with Crippen molar-refractivity contribution in [2.75, 3.05) is 38.5 Å². The number of aliphatic carboxylic acids is 4. The Kier molecular flexibility index (Phi) is 31.8. The highest BCUT2D eigenvalue weighted by atomic mass is 32.1. The number of carbonyl (C=O) groups is 14. The first-order valence-electron chi connectivity index (χ1n) is 28.1. The molecule has 0 bridgehead atoms. The third-order valence-corrected chi connectivity index (χ3v) is 13.8. The maximum Gasteiger partial charge on any atom is 0.327 e. The number of nitrogens with zero attached hydrogens (tertiary/aromatic N) is 4. The van der Waals surface area contributed by atoms with Crippen molar-refractivity contribution >= 4 is 107 Å². The van der Waals surface area contributed by atoms with Gasteiger partial charge in [-0.25, -0.2) is 4.79 Å². The van der Waals surface area contributed by atoms with E-state index in [1.165, 1.54) is 4.90 Å². The molecule has 87 heavy (non-hydrogen) atoms. The van der Waals surface area contributed by atoms with E-state index in [2.05, 4.69) is 65.1 Å². The Bertz CT molecular complexity index is 2550. The number of carboxylic acids is 4. The van der Waals surface area contributed by atoms with Crippen LogP contribution in [-0.4, -0.2) is 224 Å². The van der Waals surface area contributed by atoms with Gasteiger partial charge in [-0.05, 0) is 76.0 Å². The molecule has 0 aromatic heterocycles. The topological polar surface area (TPSA) is 577 Å². The van der Waals surface area contributed by atoms with Crippen LogP contribution in [0.2, 0.25) is 0 Å². The molecule has 0 unspecified atom stereocenters. The first-order chi connectivity index (χ1) is 40.8. The van der Waals surface area contributed by atoms with Gasteiger partial charge < -0.3 is 101 Å². The Hall–Kier alpha value is -8.57. The van der Waals surface area contributed by atoms with E-state index < -0.39 is 175 Å². The number of nitrogens with one attached hydrogen (secondary N) is 8. The average molecular weight is 1260 g/mol. The molecule has 0 spiro atoms. The molecule has 0 aliphatic carbocycles. The summed E-state index contributed by atoms with van der Waals surface area (Å²) in [6.07, 6.45) is -2.40. The summed E-state index contributed by atoms with van der Waals surface area (Å²) in [5.74, 6) is -17.4. The van der Waals surface area contributed by atoms with E-state index in [0.29, 0.717) is 12.8 Å². The number of rotatable bonds is 38. The molecular formula is C51H85N17O18S. The molecule has 10 amide bonds. The minimum absolute atomic E-state index is 0.0243. The number of amides is 10. The molecule has 2 heterocycles. The number of carboxylic acid groups (broad SMARTS) is 4. The van der Waals surface area contributed by atoms with Crippen LogP contribution in [-0.2, 0) is 67.1 Å². The Balaban J connectivity index is 2.33. The van der Waals surface area contributed by atoms with Crippen LogP contribution in [0.25, 0.3) is 0 Å². The molecular weight excluding hydrogens is 1170 g/mol. The summed E-state index contributed by atoms with van der Waals surface area (Å²) in [6.45, 7) is 6.11. The highest BCUT2D eigenvalue weighted by Gasteiger charge is 2.42. The number of aliphatic imine (C=N–C) groups is 2. The number of nitrogens with two attached hydrogens (primary N) is 5. The van der Waals surface area contributed by atoms with Crippen LogP contribution in [0.1, 0.15) is 111 Å². The fraction of sp³-hybridized carbons (Fsp3) is 0.686. The van der Waals surface area contributed by atoms with Gasteiger partial charge in [0.2, 0.25) is 59.1 Å². The lowest BCUT2D eigenvalue weighted by Gasteiger charge is -2.30. The molecule has 488 valence electrons. The van der Waals surface area contributed by atoms with Crippen LogP contribution in [0.4, 0.5) is 0 Å². The number of carbonyl (C=O) groups excluding carboxylic acids is 10. The molecule has 2 rings (SSSR count). The molecule has 0 aromatic rings. The van der Waals surface area contributed by atoms with Gasteiger partial charge in [-0.3, -0.25) is 72.3 Å². The minimum atomic E-state index is -2.00. The molecule has 2 aliphatic rings. The molecule has 2 fully saturated rings. The lowest BCUT2D eigenvalue weighted by molar-refractivity contribution is -0.147. The van der Waals surface area contributed by atoms with E-state index in [0.717, 1.165) is 4.90 Å². The molecule has 2 saturated heterocycles. The van der Waals surface area contributed by atoms with Crippen molar-refractivity contribution in [3.05, 3.63) is 0 Å². The molecule has 2 aliphatic heterocycles. The Morgan fingerprint density at radius 2 is 0.908 bits per heavy atom. The SMILES string of the molecule is CC(C)C[C@H](NC(=O)[C@H](CCCN=C(N)N)NC(=O)[C@@H]1CCCN1C(=O)[C@H](CC(=O)O)NC(=O)[C@H](CC(=O)O)NC(=O)CNC(=O)[C@@H]1CCCN1C(=O)[C@H](CCCN=C(N)N)NC(=O)[C@@H](N)CC(C)C)C(=O)N[C@@H](CC(=O)O)C(=O)N[C@@H](CS)C(=O)O. The summed E-state index contributed by atoms with van der Waals surface area (Å²) < 4.78 is 0. The van der Waals surface area contributed by atoms with Crippen LogP contribution < -0.4 is 71.2 Å². The summed E-state index contributed by atoms with van der Waals surface area (Å²) >= 11 is 3.87. The van der Waals surface area contributed by atoms with Gasteiger partial charge in [-0.2, -0.15) is 12.6 Å². The predicted octanol–water partition coefficient (Wildman–Crippen LogP) is -6.56. The zero-order chi connectivity index (χ0) is 65.8. The van der Waals surface area contributed by atoms with Crippen LogP contribution >= 0.6 is 12.6 Å². The maximum absolute atomic E-state index is 14.2. The third-order valence-electron chi connectivity index (χ3n) is 13.5. The third kappa shape index (κ3) is 26.7. The lowest BCUT2D eigenvalue weighted by Crippen LogP contribution is -2.60. The number of likely N-dealkylation sites (tertiary alicyclic amines) is 2. The number of hydrogen-bond donors (Lipinski definition) is 18. The van der Waals surface area contributed by atoms with Crippen LogP contribution in [0.15, 0.2) is 9.98 Å². The largest absolute Gasteiger partial charge is 0.481 e. The van der Waals surface area contributed by atoms with Gasteiger partial charge in [0.05, 0.1) is 31.8 Å². The van der Waals surface area contributed by atoms with Gasteiger partial charge in [-0.1, -0.05) is 27.7 Å². The molecule has 0 radical (unpaired) electrons. The van der Waals surface area contributed by atoms with Gasteiger partial charge in [0.25, 0.3) is 0 Å².